The summed E-state index contributed by atoms with van der Waals surface area (Å²) < 4.78 is 15.9. The number of nitrogens with zero attached hydrogens (tertiary/aromatic N) is 1. The van der Waals surface area contributed by atoms with Gasteiger partial charge < -0.3 is 14.2 Å². The van der Waals surface area contributed by atoms with Crippen molar-refractivity contribution in [3.05, 3.63) is 76.0 Å². The molecule has 0 aromatic heterocycles. The first kappa shape index (κ1) is 16.4. The number of carbonyl (C=O) groups excluding carboxylic acids is 1. The molecule has 0 atom stereocenters. The van der Waals surface area contributed by atoms with Gasteiger partial charge >= 0.3 is 5.97 Å². The van der Waals surface area contributed by atoms with Gasteiger partial charge in [-0.3, -0.25) is 0 Å². The first-order chi connectivity index (χ1) is 12.6. The van der Waals surface area contributed by atoms with Crippen LogP contribution in [0.3, 0.4) is 0 Å². The standard InChI is InChI=1S/C20H14ClNO4/c1-12(8-13-6-7-17-18(10-13)25-11-24-17)9-16-20(23)26-19(22-16)14-4-2-3-5-15(14)21/h2-10H,11H2,1H3/b12-8+,16-9-. The molecule has 2 heterocycles. The van der Waals surface area contributed by atoms with Gasteiger partial charge in [-0.15, -0.1) is 0 Å². The zero-order valence-electron chi connectivity index (χ0n) is 13.9. The molecule has 26 heavy (non-hydrogen) atoms. The van der Waals surface area contributed by atoms with Crippen LogP contribution >= 0.6 is 11.6 Å². The minimum Gasteiger partial charge on any atom is -0.454 e. The molecule has 0 unspecified atom stereocenters. The van der Waals surface area contributed by atoms with Gasteiger partial charge in [-0.25, -0.2) is 9.79 Å². The molecule has 2 aromatic carbocycles. The molecule has 6 heteroatoms. The predicted octanol–water partition coefficient (Wildman–Crippen LogP) is 4.36. The Bertz CT molecular complexity index is 991. The Labute approximate surface area is 155 Å². The van der Waals surface area contributed by atoms with Gasteiger partial charge in [0, 0.05) is 0 Å². The third kappa shape index (κ3) is 3.21. The summed E-state index contributed by atoms with van der Waals surface area (Å²) in [5.41, 5.74) is 2.60. The van der Waals surface area contributed by atoms with E-state index in [1.807, 2.05) is 37.3 Å². The second kappa shape index (κ2) is 6.69. The van der Waals surface area contributed by atoms with Gasteiger partial charge in [-0.2, -0.15) is 0 Å². The quantitative estimate of drug-likeness (QED) is 0.597. The zero-order chi connectivity index (χ0) is 18.1. The van der Waals surface area contributed by atoms with E-state index in [-0.39, 0.29) is 18.4 Å². The molecular formula is C20H14ClNO4. The Morgan fingerprint density at radius 3 is 2.81 bits per heavy atom. The molecule has 4 rings (SSSR count). The number of cyclic esters (lactones) is 1. The number of allylic oxidation sites excluding steroid dienone is 2. The third-order valence-corrected chi connectivity index (χ3v) is 4.21. The van der Waals surface area contributed by atoms with E-state index in [0.717, 1.165) is 16.9 Å². The summed E-state index contributed by atoms with van der Waals surface area (Å²) in [4.78, 5) is 16.4. The molecule has 0 amide bonds. The number of fused-ring (bicyclic) bond motifs is 1. The van der Waals surface area contributed by atoms with Crippen molar-refractivity contribution in [3.63, 3.8) is 0 Å². The summed E-state index contributed by atoms with van der Waals surface area (Å²) in [6.45, 7) is 2.12. The Hall–Kier alpha value is -3.05. The van der Waals surface area contributed by atoms with Gasteiger partial charge in [0.15, 0.2) is 17.2 Å². The number of halogens is 1. The summed E-state index contributed by atoms with van der Waals surface area (Å²) in [6, 6.07) is 12.7. The average Bonchev–Trinajstić information content (AvgIpc) is 3.22. The van der Waals surface area contributed by atoms with E-state index in [4.69, 9.17) is 25.8 Å². The number of ether oxygens (including phenoxy) is 3. The van der Waals surface area contributed by atoms with Crippen LogP contribution in [0.4, 0.5) is 0 Å². The van der Waals surface area contributed by atoms with Crippen LogP contribution in [0.1, 0.15) is 18.1 Å². The summed E-state index contributed by atoms with van der Waals surface area (Å²) >= 11 is 6.13. The van der Waals surface area contributed by atoms with Crippen LogP contribution in [0.5, 0.6) is 11.5 Å². The zero-order valence-corrected chi connectivity index (χ0v) is 14.6. The Kier molecular flexibility index (Phi) is 4.22. The predicted molar refractivity (Wildman–Crippen MR) is 98.4 cm³/mol. The molecule has 5 nitrogen and oxygen atoms in total. The SMILES string of the molecule is CC(/C=C1\N=C(c2ccccc2Cl)OC1=O)=C\c1ccc2c(c1)OCO2. The van der Waals surface area contributed by atoms with Crippen molar-refractivity contribution in [1.29, 1.82) is 0 Å². The van der Waals surface area contributed by atoms with Gasteiger partial charge in [0.05, 0.1) is 10.6 Å². The van der Waals surface area contributed by atoms with E-state index >= 15 is 0 Å². The van der Waals surface area contributed by atoms with Gasteiger partial charge in [-0.1, -0.05) is 35.9 Å². The monoisotopic (exact) mass is 367 g/mol. The first-order valence-electron chi connectivity index (χ1n) is 7.95. The lowest BCUT2D eigenvalue weighted by Gasteiger charge is -2.00. The summed E-state index contributed by atoms with van der Waals surface area (Å²) in [5.74, 6) is 1.14. The van der Waals surface area contributed by atoms with E-state index in [0.29, 0.717) is 16.3 Å². The molecule has 0 aliphatic carbocycles. The fourth-order valence-corrected chi connectivity index (χ4v) is 2.90. The minimum atomic E-state index is -0.502. The molecule has 0 spiro atoms. The second-order valence-electron chi connectivity index (χ2n) is 5.82. The molecule has 0 N–H and O–H groups in total. The Morgan fingerprint density at radius 1 is 1.15 bits per heavy atom. The molecule has 2 aliphatic heterocycles. The number of hydrogen-bond acceptors (Lipinski definition) is 5. The summed E-state index contributed by atoms with van der Waals surface area (Å²) in [6.07, 6.45) is 3.60. The van der Waals surface area contributed by atoms with Gasteiger partial charge in [0.1, 0.15) is 0 Å². The van der Waals surface area contributed by atoms with Crippen LogP contribution in [0.25, 0.3) is 6.08 Å². The van der Waals surface area contributed by atoms with Crippen LogP contribution in [0, 0.1) is 0 Å². The van der Waals surface area contributed by atoms with Crippen molar-refractivity contribution in [1.82, 2.24) is 0 Å². The van der Waals surface area contributed by atoms with Gasteiger partial charge in [0.25, 0.3) is 0 Å². The third-order valence-electron chi connectivity index (χ3n) is 3.88. The van der Waals surface area contributed by atoms with Crippen LogP contribution < -0.4 is 9.47 Å². The highest BCUT2D eigenvalue weighted by atomic mass is 35.5. The average molecular weight is 368 g/mol. The van der Waals surface area contributed by atoms with Crippen molar-refractivity contribution in [3.8, 4) is 11.5 Å². The lowest BCUT2D eigenvalue weighted by Crippen LogP contribution is -2.05. The van der Waals surface area contributed by atoms with Crippen molar-refractivity contribution in [2.75, 3.05) is 6.79 Å². The van der Waals surface area contributed by atoms with E-state index in [1.165, 1.54) is 0 Å². The normalized spacial score (nSPS) is 17.5. The van der Waals surface area contributed by atoms with Crippen LogP contribution in [0.15, 0.2) is 64.8 Å². The largest absolute Gasteiger partial charge is 0.454 e. The highest BCUT2D eigenvalue weighted by molar-refractivity contribution is 6.34. The van der Waals surface area contributed by atoms with Crippen molar-refractivity contribution in [2.45, 2.75) is 6.92 Å². The molecule has 0 saturated carbocycles. The topological polar surface area (TPSA) is 57.1 Å². The maximum Gasteiger partial charge on any atom is 0.363 e. The van der Waals surface area contributed by atoms with E-state index in [9.17, 15) is 4.79 Å². The van der Waals surface area contributed by atoms with E-state index in [1.54, 1.807) is 24.3 Å². The number of benzene rings is 2. The molecule has 2 aromatic rings. The second-order valence-corrected chi connectivity index (χ2v) is 6.22. The highest BCUT2D eigenvalue weighted by Gasteiger charge is 2.25. The lowest BCUT2D eigenvalue weighted by molar-refractivity contribution is -0.130. The van der Waals surface area contributed by atoms with Crippen LogP contribution in [-0.4, -0.2) is 18.7 Å². The fourth-order valence-electron chi connectivity index (χ4n) is 2.68. The smallest absolute Gasteiger partial charge is 0.363 e. The Balaban J connectivity index is 1.61. The molecule has 0 radical (unpaired) electrons. The van der Waals surface area contributed by atoms with Crippen molar-refractivity contribution in [2.24, 2.45) is 4.99 Å². The number of rotatable bonds is 3. The number of aliphatic imine (C=N–C) groups is 1. The molecule has 0 fully saturated rings. The maximum atomic E-state index is 12.1. The number of esters is 1. The van der Waals surface area contributed by atoms with E-state index in [2.05, 4.69) is 4.99 Å². The number of carbonyl (C=O) groups is 1. The molecule has 130 valence electrons. The van der Waals surface area contributed by atoms with Crippen LogP contribution in [0.2, 0.25) is 5.02 Å². The van der Waals surface area contributed by atoms with Crippen molar-refractivity contribution >= 4 is 29.5 Å². The molecule has 0 bridgehead atoms. The summed E-state index contributed by atoms with van der Waals surface area (Å²) in [5, 5.41) is 0.480. The fraction of sp³-hybridized carbons (Fsp3) is 0.100. The first-order valence-corrected chi connectivity index (χ1v) is 8.33. The molecular weight excluding hydrogens is 354 g/mol. The highest BCUT2D eigenvalue weighted by Crippen LogP contribution is 2.33. The van der Waals surface area contributed by atoms with Crippen LogP contribution in [-0.2, 0) is 9.53 Å². The molecule has 2 aliphatic rings. The Morgan fingerprint density at radius 2 is 1.96 bits per heavy atom. The van der Waals surface area contributed by atoms with E-state index < -0.39 is 5.97 Å². The lowest BCUT2D eigenvalue weighted by atomic mass is 10.1. The molecule has 0 saturated heterocycles. The summed E-state index contributed by atoms with van der Waals surface area (Å²) in [7, 11) is 0. The minimum absolute atomic E-state index is 0.211. The number of hydrogen-bond donors (Lipinski definition) is 0. The van der Waals surface area contributed by atoms with Crippen molar-refractivity contribution < 1.29 is 19.0 Å². The van der Waals surface area contributed by atoms with Gasteiger partial charge in [-0.05, 0) is 48.4 Å². The maximum absolute atomic E-state index is 12.1. The van der Waals surface area contributed by atoms with Gasteiger partial charge in [0.2, 0.25) is 12.7 Å².